The van der Waals surface area contributed by atoms with Crippen molar-refractivity contribution in [3.8, 4) is 6.01 Å². The van der Waals surface area contributed by atoms with Crippen molar-refractivity contribution in [2.24, 2.45) is 10.6 Å². The normalized spacial score (nSPS) is 19.9. The third kappa shape index (κ3) is 4.71. The smallest absolute Gasteiger partial charge is 0.337 e. The molecule has 4 rings (SSSR count). The van der Waals surface area contributed by atoms with E-state index in [9.17, 15) is 18.4 Å². The third-order valence-electron chi connectivity index (χ3n) is 5.82. The molecular formula is C20H23F2N3O4. The molecule has 1 N–H and O–H groups in total. The Morgan fingerprint density at radius 2 is 1.97 bits per heavy atom. The number of nitrogens with zero attached hydrogens (tertiary/aromatic N) is 2. The second-order valence-electron chi connectivity index (χ2n) is 8.41. The number of H-pyrrole nitrogens is 1. The van der Waals surface area contributed by atoms with Crippen molar-refractivity contribution in [3.05, 3.63) is 32.4 Å². The molecule has 7 nitrogen and oxygen atoms in total. The van der Waals surface area contributed by atoms with Crippen molar-refractivity contribution in [2.75, 3.05) is 0 Å². The highest BCUT2D eigenvalue weighted by Gasteiger charge is 2.36. The summed E-state index contributed by atoms with van der Waals surface area (Å²) in [6, 6.07) is 1.09. The van der Waals surface area contributed by atoms with Crippen LogP contribution >= 0.6 is 0 Å². The van der Waals surface area contributed by atoms with Gasteiger partial charge in [0.25, 0.3) is 5.56 Å². The molecule has 2 aliphatic rings. The maximum Gasteiger partial charge on any atom is 0.337 e. The summed E-state index contributed by atoms with van der Waals surface area (Å²) < 4.78 is 31.5. The number of hydrogen-bond donors (Lipinski definition) is 1. The van der Waals surface area contributed by atoms with Crippen LogP contribution in [0.4, 0.5) is 8.78 Å². The Labute approximate surface area is 165 Å². The lowest BCUT2D eigenvalue weighted by molar-refractivity contribution is -0.0185. The van der Waals surface area contributed by atoms with Crippen LogP contribution in [-0.2, 0) is 6.42 Å². The summed E-state index contributed by atoms with van der Waals surface area (Å²) in [6.07, 6.45) is 4.58. The molecule has 2 aliphatic carbocycles. The van der Waals surface area contributed by atoms with Gasteiger partial charge in [0.1, 0.15) is 5.39 Å². The molecule has 0 bridgehead atoms. The summed E-state index contributed by atoms with van der Waals surface area (Å²) >= 11 is 0. The second-order valence-corrected chi connectivity index (χ2v) is 8.41. The SMILES string of the molecule is CC1(CCCc2cc(=O)oc3nc(ON=C4CCC(F)(F)CC4)[nH]c(=O)c23)CC1. The van der Waals surface area contributed by atoms with Gasteiger partial charge >= 0.3 is 11.6 Å². The fourth-order valence-electron chi connectivity index (χ4n) is 3.64. The number of aromatic nitrogens is 2. The number of hydrogen-bond acceptors (Lipinski definition) is 6. The summed E-state index contributed by atoms with van der Waals surface area (Å²) in [5.74, 6) is -2.68. The van der Waals surface area contributed by atoms with Gasteiger partial charge < -0.3 is 9.25 Å². The Balaban J connectivity index is 1.53. The highest BCUT2D eigenvalue weighted by molar-refractivity contribution is 5.84. The van der Waals surface area contributed by atoms with Crippen LogP contribution in [0.25, 0.3) is 11.1 Å². The molecule has 0 radical (unpaired) electrons. The quantitative estimate of drug-likeness (QED) is 0.732. The molecular weight excluding hydrogens is 384 g/mol. The Morgan fingerprint density at radius 3 is 2.66 bits per heavy atom. The van der Waals surface area contributed by atoms with E-state index in [-0.39, 0.29) is 42.8 Å². The number of aryl methyl sites for hydroxylation is 1. The van der Waals surface area contributed by atoms with Gasteiger partial charge in [-0.3, -0.25) is 9.78 Å². The Bertz CT molecular complexity index is 1060. The van der Waals surface area contributed by atoms with E-state index in [0.29, 0.717) is 23.1 Å². The van der Waals surface area contributed by atoms with Crippen LogP contribution in [0.15, 0.2) is 25.2 Å². The van der Waals surface area contributed by atoms with Gasteiger partial charge in [0.05, 0.1) is 5.71 Å². The van der Waals surface area contributed by atoms with Gasteiger partial charge in [0.15, 0.2) is 0 Å². The highest BCUT2D eigenvalue weighted by atomic mass is 19.3. The summed E-state index contributed by atoms with van der Waals surface area (Å²) in [6.45, 7) is 2.23. The molecule has 2 aromatic rings. The monoisotopic (exact) mass is 407 g/mol. The molecule has 0 saturated heterocycles. The molecule has 2 heterocycles. The lowest BCUT2D eigenvalue weighted by Gasteiger charge is -2.21. The van der Waals surface area contributed by atoms with E-state index in [1.54, 1.807) is 0 Å². The maximum atomic E-state index is 13.2. The lowest BCUT2D eigenvalue weighted by Crippen LogP contribution is -2.25. The molecule has 0 atom stereocenters. The van der Waals surface area contributed by atoms with Crippen LogP contribution in [0.1, 0.15) is 63.9 Å². The molecule has 0 aromatic carbocycles. The number of rotatable bonds is 6. The zero-order valence-electron chi connectivity index (χ0n) is 16.2. The van der Waals surface area contributed by atoms with Crippen LogP contribution in [-0.4, -0.2) is 21.6 Å². The van der Waals surface area contributed by atoms with E-state index in [0.717, 1.165) is 12.8 Å². The Hall–Kier alpha value is -2.58. The van der Waals surface area contributed by atoms with Crippen LogP contribution in [0.2, 0.25) is 0 Å². The van der Waals surface area contributed by atoms with Gasteiger partial charge in [-0.15, -0.1) is 0 Å². The molecule has 2 fully saturated rings. The second kappa shape index (κ2) is 7.35. The van der Waals surface area contributed by atoms with E-state index < -0.39 is 17.1 Å². The van der Waals surface area contributed by atoms with Crippen LogP contribution in [0, 0.1) is 5.41 Å². The van der Waals surface area contributed by atoms with Gasteiger partial charge in [-0.25, -0.2) is 13.6 Å². The first-order valence-electron chi connectivity index (χ1n) is 9.91. The molecule has 0 amide bonds. The van der Waals surface area contributed by atoms with Crippen LogP contribution < -0.4 is 16.0 Å². The molecule has 0 spiro atoms. The van der Waals surface area contributed by atoms with Crippen molar-refractivity contribution in [2.45, 2.75) is 70.6 Å². The average Bonchev–Trinajstić information content (AvgIpc) is 3.37. The maximum absolute atomic E-state index is 13.2. The third-order valence-corrected chi connectivity index (χ3v) is 5.82. The fourth-order valence-corrected chi connectivity index (χ4v) is 3.64. The molecule has 0 aliphatic heterocycles. The first-order valence-corrected chi connectivity index (χ1v) is 9.91. The first-order chi connectivity index (χ1) is 13.7. The molecule has 0 unspecified atom stereocenters. The van der Waals surface area contributed by atoms with Gasteiger partial charge in [-0.1, -0.05) is 12.1 Å². The number of aromatic amines is 1. The first kappa shape index (κ1) is 19.7. The number of nitrogens with one attached hydrogen (secondary N) is 1. The zero-order chi connectivity index (χ0) is 20.6. The fraction of sp³-hybridized carbons (Fsp3) is 0.600. The zero-order valence-corrected chi connectivity index (χ0v) is 16.2. The van der Waals surface area contributed by atoms with E-state index in [4.69, 9.17) is 9.25 Å². The number of halogens is 2. The van der Waals surface area contributed by atoms with Crippen molar-refractivity contribution in [3.63, 3.8) is 0 Å². The van der Waals surface area contributed by atoms with Gasteiger partial charge in [-0.2, -0.15) is 4.98 Å². The van der Waals surface area contributed by atoms with Crippen LogP contribution in [0.5, 0.6) is 6.01 Å². The Kier molecular flexibility index (Phi) is 5.00. The summed E-state index contributed by atoms with van der Waals surface area (Å²) in [5, 5.41) is 4.05. The highest BCUT2D eigenvalue weighted by Crippen LogP contribution is 2.49. The summed E-state index contributed by atoms with van der Waals surface area (Å²) in [5.41, 5.74) is 0.276. The number of fused-ring (bicyclic) bond motifs is 1. The molecule has 9 heteroatoms. The van der Waals surface area contributed by atoms with Gasteiger partial charge in [0, 0.05) is 18.9 Å². The molecule has 156 valence electrons. The standard InChI is InChI=1S/C20H23F2N3O4/c1-19(9-10-19)6-2-3-12-11-14(26)28-17-15(12)16(27)23-18(24-17)29-25-13-4-7-20(21,22)8-5-13/h11H,2-10H2,1H3,(H,23,24,27). The minimum atomic E-state index is -2.68. The lowest BCUT2D eigenvalue weighted by atomic mass is 9.95. The van der Waals surface area contributed by atoms with Crippen molar-refractivity contribution >= 4 is 16.8 Å². The average molecular weight is 407 g/mol. The van der Waals surface area contributed by atoms with E-state index in [1.165, 1.54) is 18.9 Å². The topological polar surface area (TPSA) is 97.5 Å². The van der Waals surface area contributed by atoms with Crippen molar-refractivity contribution < 1.29 is 18.0 Å². The molecule has 29 heavy (non-hydrogen) atoms. The largest absolute Gasteiger partial charge is 0.403 e. The summed E-state index contributed by atoms with van der Waals surface area (Å²) in [4.78, 5) is 36.1. The van der Waals surface area contributed by atoms with Crippen molar-refractivity contribution in [1.82, 2.24) is 9.97 Å². The van der Waals surface area contributed by atoms with Gasteiger partial charge in [0.2, 0.25) is 11.6 Å². The minimum Gasteiger partial charge on any atom is -0.403 e. The number of alkyl halides is 2. The Morgan fingerprint density at radius 1 is 1.24 bits per heavy atom. The predicted molar refractivity (Wildman–Crippen MR) is 103 cm³/mol. The minimum absolute atomic E-state index is 0.112. The molecule has 2 aromatic heterocycles. The van der Waals surface area contributed by atoms with Crippen LogP contribution in [0.3, 0.4) is 0 Å². The number of oxime groups is 1. The van der Waals surface area contributed by atoms with E-state index in [1.807, 2.05) is 0 Å². The van der Waals surface area contributed by atoms with Gasteiger partial charge in [-0.05, 0) is 55.9 Å². The summed E-state index contributed by atoms with van der Waals surface area (Å²) in [7, 11) is 0. The van der Waals surface area contributed by atoms with Crippen molar-refractivity contribution in [1.29, 1.82) is 0 Å². The van der Waals surface area contributed by atoms with E-state index >= 15 is 0 Å². The van der Waals surface area contributed by atoms with E-state index in [2.05, 4.69) is 22.0 Å². The predicted octanol–water partition coefficient (Wildman–Crippen LogP) is 3.94. The molecule has 2 saturated carbocycles.